The molecule has 7 nitrogen and oxygen atoms in total. The van der Waals surface area contributed by atoms with Crippen molar-refractivity contribution in [3.05, 3.63) is 0 Å². The molecule has 16 heavy (non-hydrogen) atoms. The first-order valence-corrected chi connectivity index (χ1v) is 4.41. The van der Waals surface area contributed by atoms with Crippen molar-refractivity contribution in [3.63, 3.8) is 0 Å². The Morgan fingerprint density at radius 1 is 1.19 bits per heavy atom. The van der Waals surface area contributed by atoms with Gasteiger partial charge in [-0.2, -0.15) is 0 Å². The van der Waals surface area contributed by atoms with Crippen LogP contribution in [0.1, 0.15) is 33.6 Å². The van der Waals surface area contributed by atoms with Crippen LogP contribution in [0.25, 0.3) is 0 Å². The molecule has 7 heteroatoms. The Morgan fingerprint density at radius 3 is 1.44 bits per heavy atom. The monoisotopic (exact) mass is 235 g/mol. The molecular weight excluding hydrogens is 220 g/mol. The number of hydrogen-bond donors (Lipinski definition) is 1. The van der Waals surface area contributed by atoms with E-state index >= 15 is 0 Å². The molecule has 0 aromatic rings. The molecule has 0 radical (unpaired) electrons. The Labute approximate surface area is 93.3 Å². The minimum absolute atomic E-state index is 0.181. The lowest BCUT2D eigenvalue weighted by Crippen LogP contribution is -2.32. The van der Waals surface area contributed by atoms with Crippen molar-refractivity contribution < 1.29 is 34.8 Å². The van der Waals surface area contributed by atoms with Crippen LogP contribution in [0.3, 0.4) is 0 Å². The van der Waals surface area contributed by atoms with E-state index in [0.717, 1.165) is 13.8 Å². The van der Waals surface area contributed by atoms with Crippen molar-refractivity contribution >= 4 is 17.9 Å². The highest BCUT2D eigenvalue weighted by Gasteiger charge is 1.89. The normalized spacial score (nSPS) is 9.75. The van der Waals surface area contributed by atoms with E-state index in [1.165, 1.54) is 0 Å². The second-order valence-electron chi connectivity index (χ2n) is 2.61. The maximum absolute atomic E-state index is 9.49. The summed E-state index contributed by atoms with van der Waals surface area (Å²) in [6.45, 7) is 3.91. The van der Waals surface area contributed by atoms with Gasteiger partial charge in [-0.15, -0.1) is 0 Å². The third-order valence-electron chi connectivity index (χ3n) is 0.795. The molecule has 1 atom stereocenters. The van der Waals surface area contributed by atoms with Crippen LogP contribution in [0, 0.1) is 0 Å². The summed E-state index contributed by atoms with van der Waals surface area (Å²) in [5, 5.41) is 35.7. The Kier molecular flexibility index (Phi) is 16.6. The third-order valence-corrected chi connectivity index (χ3v) is 0.795. The van der Waals surface area contributed by atoms with Gasteiger partial charge < -0.3 is 34.8 Å². The van der Waals surface area contributed by atoms with Crippen LogP contribution in [0.15, 0.2) is 0 Å². The second kappa shape index (κ2) is 13.4. The summed E-state index contributed by atoms with van der Waals surface area (Å²) < 4.78 is 0. The van der Waals surface area contributed by atoms with Crippen molar-refractivity contribution in [2.24, 2.45) is 0 Å². The van der Waals surface area contributed by atoms with Crippen molar-refractivity contribution in [3.8, 4) is 0 Å². The highest BCUT2D eigenvalue weighted by molar-refractivity contribution is 5.68. The Bertz CT molecular complexity index is 206. The quantitative estimate of drug-likeness (QED) is 0.532. The van der Waals surface area contributed by atoms with Crippen LogP contribution < -0.4 is 15.3 Å². The zero-order valence-electron chi connectivity index (χ0n) is 9.39. The summed E-state index contributed by atoms with van der Waals surface area (Å²) in [6, 6.07) is 0. The molecule has 1 unspecified atom stereocenters. The minimum Gasteiger partial charge on any atom is -0.550 e. The molecule has 0 aliphatic carbocycles. The number of hydrogen-bond acceptors (Lipinski definition) is 7. The van der Waals surface area contributed by atoms with Gasteiger partial charge in [-0.25, -0.2) is 0 Å². The van der Waals surface area contributed by atoms with Crippen LogP contribution in [0.2, 0.25) is 0 Å². The fraction of sp³-hybridized carbons (Fsp3) is 0.667. The summed E-state index contributed by atoms with van der Waals surface area (Å²) in [5.41, 5.74) is 0. The zero-order valence-corrected chi connectivity index (χ0v) is 9.39. The molecule has 96 valence electrons. The smallest absolute Gasteiger partial charge is 0.0905 e. The van der Waals surface area contributed by atoms with Gasteiger partial charge in [0.15, 0.2) is 0 Å². The molecule has 0 aromatic heterocycles. The zero-order chi connectivity index (χ0) is 13.7. The summed E-state index contributed by atoms with van der Waals surface area (Å²) in [6.07, 6.45) is -0.493. The fourth-order valence-electron chi connectivity index (χ4n) is 0.204. The average Bonchev–Trinajstić information content (AvgIpc) is 2.03. The van der Waals surface area contributed by atoms with Gasteiger partial charge in [0, 0.05) is 11.9 Å². The first kappa shape index (κ1) is 19.9. The SMILES string of the molecule is CC(=O)[O-].CC(O)C(=O)[O-].CCCC(=O)[O-]. The van der Waals surface area contributed by atoms with E-state index in [9.17, 15) is 19.8 Å². The summed E-state index contributed by atoms with van der Waals surface area (Å²) in [7, 11) is 0. The van der Waals surface area contributed by atoms with Crippen molar-refractivity contribution in [1.29, 1.82) is 0 Å². The van der Waals surface area contributed by atoms with E-state index in [-0.39, 0.29) is 6.42 Å². The van der Waals surface area contributed by atoms with E-state index in [0.29, 0.717) is 6.42 Å². The fourth-order valence-corrected chi connectivity index (χ4v) is 0.204. The topological polar surface area (TPSA) is 141 Å². The van der Waals surface area contributed by atoms with E-state index in [1.807, 2.05) is 0 Å². The van der Waals surface area contributed by atoms with Gasteiger partial charge in [0.1, 0.15) is 0 Å². The van der Waals surface area contributed by atoms with Gasteiger partial charge in [-0.05, 0) is 20.3 Å². The van der Waals surface area contributed by atoms with Crippen LogP contribution in [0.5, 0.6) is 0 Å². The number of carboxylic acids is 3. The van der Waals surface area contributed by atoms with Crippen molar-refractivity contribution in [1.82, 2.24) is 0 Å². The number of aliphatic carboxylic acids is 3. The molecule has 0 bridgehead atoms. The molecule has 0 spiro atoms. The lowest BCUT2D eigenvalue weighted by Gasteiger charge is -2.00. The van der Waals surface area contributed by atoms with Gasteiger partial charge in [-0.3, -0.25) is 0 Å². The number of rotatable bonds is 3. The highest BCUT2D eigenvalue weighted by Crippen LogP contribution is 1.79. The first-order chi connectivity index (χ1) is 7.14. The average molecular weight is 235 g/mol. The molecule has 0 heterocycles. The molecule has 1 N–H and O–H groups in total. The van der Waals surface area contributed by atoms with Crippen molar-refractivity contribution in [2.45, 2.75) is 39.7 Å². The Hall–Kier alpha value is -1.63. The molecule has 0 fully saturated rings. The van der Waals surface area contributed by atoms with Gasteiger partial charge in [0.2, 0.25) is 0 Å². The van der Waals surface area contributed by atoms with Gasteiger partial charge >= 0.3 is 0 Å². The number of carbonyl (C=O) groups is 3. The lowest BCUT2D eigenvalue weighted by molar-refractivity contribution is -0.314. The van der Waals surface area contributed by atoms with Crippen LogP contribution in [-0.2, 0) is 14.4 Å². The Morgan fingerprint density at radius 2 is 1.44 bits per heavy atom. The molecule has 0 amide bonds. The standard InChI is InChI=1S/C4H8O2.C3H6O3.C2H4O2/c1-2-3-4(5)6;1-2(4)3(5)6;1-2(3)4/h2-3H2,1H3,(H,5,6);2,4H,1H3,(H,5,6);1H3,(H,3,4)/p-3. The number of aliphatic hydroxyl groups is 1. The minimum atomic E-state index is -1.44. The number of aliphatic hydroxyl groups excluding tert-OH is 1. The molecular formula is C9H15O7-3. The van der Waals surface area contributed by atoms with Gasteiger partial charge in [0.25, 0.3) is 0 Å². The van der Waals surface area contributed by atoms with Crippen LogP contribution >= 0.6 is 0 Å². The van der Waals surface area contributed by atoms with E-state index in [4.69, 9.17) is 15.0 Å². The molecule has 0 aromatic carbocycles. The van der Waals surface area contributed by atoms with E-state index in [1.54, 1.807) is 6.92 Å². The molecule has 0 rings (SSSR count). The highest BCUT2D eigenvalue weighted by atomic mass is 16.4. The maximum Gasteiger partial charge on any atom is 0.0905 e. The van der Waals surface area contributed by atoms with Crippen LogP contribution in [0.4, 0.5) is 0 Å². The maximum atomic E-state index is 9.49. The predicted octanol–water partition coefficient (Wildman–Crippen LogP) is -3.59. The summed E-state index contributed by atoms with van der Waals surface area (Å²) >= 11 is 0. The van der Waals surface area contributed by atoms with Crippen molar-refractivity contribution in [2.75, 3.05) is 0 Å². The largest absolute Gasteiger partial charge is 0.550 e. The van der Waals surface area contributed by atoms with Gasteiger partial charge in [0.05, 0.1) is 12.1 Å². The number of carboxylic acid groups (broad SMARTS) is 3. The molecule has 0 saturated heterocycles. The summed E-state index contributed by atoms with van der Waals surface area (Å²) in [4.78, 5) is 27.7. The Balaban J connectivity index is -0.000000162. The number of carbonyl (C=O) groups excluding carboxylic acids is 3. The lowest BCUT2D eigenvalue weighted by atomic mass is 10.4. The summed E-state index contributed by atoms with van der Waals surface area (Å²) in [5.74, 6) is -3.48. The second-order valence-corrected chi connectivity index (χ2v) is 2.61. The molecule has 0 aliphatic heterocycles. The first-order valence-electron chi connectivity index (χ1n) is 4.41. The van der Waals surface area contributed by atoms with Crippen LogP contribution in [-0.4, -0.2) is 29.1 Å². The van der Waals surface area contributed by atoms with Gasteiger partial charge in [-0.1, -0.05) is 13.3 Å². The predicted molar refractivity (Wildman–Crippen MR) is 47.3 cm³/mol. The molecule has 0 saturated carbocycles. The van der Waals surface area contributed by atoms with E-state index in [2.05, 4.69) is 0 Å². The molecule has 0 aliphatic rings. The van der Waals surface area contributed by atoms with E-state index < -0.39 is 24.0 Å². The third kappa shape index (κ3) is 55.5.